The van der Waals surface area contributed by atoms with Crippen molar-refractivity contribution in [2.45, 2.75) is 40.7 Å². The van der Waals surface area contributed by atoms with Crippen LogP contribution < -0.4 is 5.56 Å². The first kappa shape index (κ1) is 20.7. The van der Waals surface area contributed by atoms with E-state index in [1.165, 1.54) is 0 Å². The van der Waals surface area contributed by atoms with Crippen LogP contribution in [0, 0.1) is 20.8 Å². The molecular weight excluding hydrogens is 392 g/mol. The molecule has 0 amide bonds. The van der Waals surface area contributed by atoms with Crippen LogP contribution in [-0.2, 0) is 9.47 Å². The summed E-state index contributed by atoms with van der Waals surface area (Å²) >= 11 is 1.09. The molecule has 1 aromatic carbocycles. The van der Waals surface area contributed by atoms with Crippen molar-refractivity contribution in [2.75, 3.05) is 6.61 Å². The van der Waals surface area contributed by atoms with E-state index in [1.807, 2.05) is 19.9 Å². The summed E-state index contributed by atoms with van der Waals surface area (Å²) < 4.78 is 10.5. The van der Waals surface area contributed by atoms with Gasteiger partial charge in [0.25, 0.3) is 5.56 Å². The lowest BCUT2D eigenvalue weighted by Gasteiger charge is -2.13. The maximum Gasteiger partial charge on any atom is 0.348 e. The molecule has 0 saturated heterocycles. The molecule has 152 valence electrons. The van der Waals surface area contributed by atoms with Crippen LogP contribution in [-0.4, -0.2) is 28.5 Å². The summed E-state index contributed by atoms with van der Waals surface area (Å²) in [6.45, 7) is 9.09. The number of benzene rings is 1. The average molecular weight is 414 g/mol. The van der Waals surface area contributed by atoms with Gasteiger partial charge in [0.05, 0.1) is 17.6 Å². The molecule has 0 fully saturated rings. The maximum absolute atomic E-state index is 12.6. The van der Waals surface area contributed by atoms with Gasteiger partial charge in [-0.3, -0.25) is 4.79 Å². The molecule has 7 nitrogen and oxygen atoms in total. The molecule has 3 aromatic rings. The molecule has 0 radical (unpaired) electrons. The Morgan fingerprint density at radius 3 is 2.41 bits per heavy atom. The highest BCUT2D eigenvalue weighted by Crippen LogP contribution is 2.28. The number of ether oxygens (including phenoxy) is 2. The van der Waals surface area contributed by atoms with E-state index in [2.05, 4.69) is 9.97 Å². The van der Waals surface area contributed by atoms with Crippen molar-refractivity contribution in [3.8, 4) is 0 Å². The van der Waals surface area contributed by atoms with E-state index >= 15 is 0 Å². The van der Waals surface area contributed by atoms with Crippen molar-refractivity contribution in [1.29, 1.82) is 0 Å². The average Bonchev–Trinajstić information content (AvgIpc) is 2.98. The van der Waals surface area contributed by atoms with Crippen LogP contribution in [0.3, 0.4) is 0 Å². The first-order chi connectivity index (χ1) is 13.7. The Kier molecular flexibility index (Phi) is 5.83. The monoisotopic (exact) mass is 414 g/mol. The molecule has 8 heteroatoms. The number of aromatic nitrogens is 2. The number of fused-ring (bicyclic) bond motifs is 1. The largest absolute Gasteiger partial charge is 0.462 e. The van der Waals surface area contributed by atoms with E-state index in [1.54, 1.807) is 32.9 Å². The number of hydrogen-bond donors (Lipinski definition) is 1. The minimum atomic E-state index is -0.770. The molecule has 0 aliphatic carbocycles. The maximum atomic E-state index is 12.6. The third-order valence-corrected chi connectivity index (χ3v) is 5.57. The molecule has 3 rings (SSSR count). The number of esters is 2. The minimum Gasteiger partial charge on any atom is -0.462 e. The molecule has 1 N–H and O–H groups in total. The Balaban J connectivity index is 1.92. The zero-order valence-corrected chi connectivity index (χ0v) is 17.7. The molecule has 1 atom stereocenters. The standard InChI is InChI=1S/C21H22N2O5S/c1-6-27-21(26)16-12(4)15-18(24)22-17(23-19(15)29-16)13(5)28-20(25)14-8-10(2)7-11(3)9-14/h7-9,13H,6H2,1-5H3,(H,22,23,24)/t13-/m1/s1. The van der Waals surface area contributed by atoms with Gasteiger partial charge in [-0.1, -0.05) is 17.2 Å². The highest BCUT2D eigenvalue weighted by molar-refractivity contribution is 7.20. The first-order valence-electron chi connectivity index (χ1n) is 9.21. The van der Waals surface area contributed by atoms with Gasteiger partial charge in [-0.05, 0) is 52.3 Å². The van der Waals surface area contributed by atoms with Gasteiger partial charge < -0.3 is 14.5 Å². The third kappa shape index (κ3) is 4.22. The van der Waals surface area contributed by atoms with Crippen LogP contribution in [0.15, 0.2) is 23.0 Å². The molecule has 0 spiro atoms. The second-order valence-electron chi connectivity index (χ2n) is 6.83. The zero-order chi connectivity index (χ0) is 21.3. The fraction of sp³-hybridized carbons (Fsp3) is 0.333. The highest BCUT2D eigenvalue weighted by Gasteiger charge is 2.22. The summed E-state index contributed by atoms with van der Waals surface area (Å²) in [5.74, 6) is -0.762. The van der Waals surface area contributed by atoms with E-state index < -0.39 is 18.0 Å². The Labute approximate surface area is 171 Å². The van der Waals surface area contributed by atoms with Gasteiger partial charge >= 0.3 is 11.9 Å². The van der Waals surface area contributed by atoms with Crippen LogP contribution in [0.25, 0.3) is 10.2 Å². The van der Waals surface area contributed by atoms with Gasteiger partial charge in [-0.15, -0.1) is 11.3 Å². The summed E-state index contributed by atoms with van der Waals surface area (Å²) in [5.41, 5.74) is 2.50. The van der Waals surface area contributed by atoms with Crippen molar-refractivity contribution in [2.24, 2.45) is 0 Å². The Morgan fingerprint density at radius 2 is 1.79 bits per heavy atom. The quantitative estimate of drug-likeness (QED) is 0.634. The van der Waals surface area contributed by atoms with Crippen LogP contribution in [0.5, 0.6) is 0 Å². The Bertz CT molecular complexity index is 1140. The van der Waals surface area contributed by atoms with Crippen molar-refractivity contribution >= 4 is 33.5 Å². The highest BCUT2D eigenvalue weighted by atomic mass is 32.1. The van der Waals surface area contributed by atoms with Crippen LogP contribution in [0.2, 0.25) is 0 Å². The second kappa shape index (κ2) is 8.16. The number of H-pyrrole nitrogens is 1. The lowest BCUT2D eigenvalue weighted by atomic mass is 10.1. The van der Waals surface area contributed by atoms with Gasteiger partial charge in [-0.2, -0.15) is 0 Å². The smallest absolute Gasteiger partial charge is 0.348 e. The molecule has 0 aliphatic rings. The second-order valence-corrected chi connectivity index (χ2v) is 7.83. The molecule has 0 unspecified atom stereocenters. The van der Waals surface area contributed by atoms with Gasteiger partial charge in [0.15, 0.2) is 11.9 Å². The number of hydrogen-bond acceptors (Lipinski definition) is 7. The van der Waals surface area contributed by atoms with Crippen molar-refractivity contribution < 1.29 is 19.1 Å². The molecule has 0 aliphatic heterocycles. The Hall–Kier alpha value is -3.00. The fourth-order valence-electron chi connectivity index (χ4n) is 3.12. The number of nitrogens with zero attached hydrogens (tertiary/aromatic N) is 1. The fourth-order valence-corrected chi connectivity index (χ4v) is 4.20. The first-order valence-corrected chi connectivity index (χ1v) is 10.0. The van der Waals surface area contributed by atoms with Crippen LogP contribution in [0.4, 0.5) is 0 Å². The summed E-state index contributed by atoms with van der Waals surface area (Å²) in [4.78, 5) is 45.0. The van der Waals surface area contributed by atoms with Crippen molar-refractivity contribution in [1.82, 2.24) is 9.97 Å². The van der Waals surface area contributed by atoms with Gasteiger partial charge in [-0.25, -0.2) is 14.6 Å². The molecule has 29 heavy (non-hydrogen) atoms. The molecule has 2 heterocycles. The van der Waals surface area contributed by atoms with Crippen LogP contribution >= 0.6 is 11.3 Å². The summed E-state index contributed by atoms with van der Waals surface area (Å²) in [6, 6.07) is 5.46. The number of carbonyl (C=O) groups is 2. The zero-order valence-electron chi connectivity index (χ0n) is 16.9. The number of aryl methyl sites for hydroxylation is 3. The van der Waals surface area contributed by atoms with E-state index in [0.29, 0.717) is 26.2 Å². The van der Waals surface area contributed by atoms with E-state index in [4.69, 9.17) is 9.47 Å². The predicted octanol–water partition coefficient (Wildman–Crippen LogP) is 4.00. The summed E-state index contributed by atoms with van der Waals surface area (Å²) in [5, 5.41) is 0.342. The Morgan fingerprint density at radius 1 is 1.14 bits per heavy atom. The van der Waals surface area contributed by atoms with Gasteiger partial charge in [0, 0.05) is 0 Å². The van der Waals surface area contributed by atoms with E-state index in [9.17, 15) is 14.4 Å². The lowest BCUT2D eigenvalue weighted by Crippen LogP contribution is -2.17. The van der Waals surface area contributed by atoms with Crippen LogP contribution in [0.1, 0.15) is 62.5 Å². The van der Waals surface area contributed by atoms with Gasteiger partial charge in [0.1, 0.15) is 9.71 Å². The lowest BCUT2D eigenvalue weighted by molar-refractivity contribution is 0.0319. The number of aromatic amines is 1. The van der Waals surface area contributed by atoms with E-state index in [0.717, 1.165) is 22.5 Å². The number of thiophene rings is 1. The SMILES string of the molecule is CCOC(=O)c1sc2nc([C@@H](C)OC(=O)c3cc(C)cc(C)c3)[nH]c(=O)c2c1C. The predicted molar refractivity (Wildman–Crippen MR) is 111 cm³/mol. The van der Waals surface area contributed by atoms with Crippen molar-refractivity contribution in [3.63, 3.8) is 0 Å². The molecular formula is C21H22N2O5S. The summed E-state index contributed by atoms with van der Waals surface area (Å²) in [7, 11) is 0. The minimum absolute atomic E-state index is 0.219. The number of rotatable bonds is 5. The summed E-state index contributed by atoms with van der Waals surface area (Å²) in [6.07, 6.45) is -0.770. The van der Waals surface area contributed by atoms with E-state index in [-0.39, 0.29) is 18.0 Å². The third-order valence-electron chi connectivity index (χ3n) is 4.41. The number of carbonyl (C=O) groups excluding carboxylic acids is 2. The van der Waals surface area contributed by atoms with Crippen molar-refractivity contribution in [3.05, 3.63) is 61.5 Å². The normalized spacial score (nSPS) is 12.0. The molecule has 0 saturated carbocycles. The number of nitrogens with one attached hydrogen (secondary N) is 1. The van der Waals surface area contributed by atoms with Gasteiger partial charge in [0.2, 0.25) is 0 Å². The molecule has 2 aromatic heterocycles. The molecule has 0 bridgehead atoms. The topological polar surface area (TPSA) is 98.3 Å².